The molecule has 0 saturated carbocycles. The van der Waals surface area contributed by atoms with Crippen LogP contribution < -0.4 is 11.1 Å². The molecule has 0 bridgehead atoms. The number of benzene rings is 1. The Kier molecular flexibility index (Phi) is 5.83. The summed E-state index contributed by atoms with van der Waals surface area (Å²) in [5, 5.41) is 23.3. The molecule has 3 heterocycles. The highest BCUT2D eigenvalue weighted by Crippen LogP contribution is 2.36. The van der Waals surface area contributed by atoms with Crippen LogP contribution in [0.1, 0.15) is 45.6 Å². The van der Waals surface area contributed by atoms with Crippen molar-refractivity contribution in [3.63, 3.8) is 0 Å². The number of anilines is 1. The molecule has 4 rings (SSSR count). The van der Waals surface area contributed by atoms with Gasteiger partial charge in [0.1, 0.15) is 17.2 Å². The second-order valence-corrected chi connectivity index (χ2v) is 8.62. The Hall–Kier alpha value is -3.10. The van der Waals surface area contributed by atoms with Crippen molar-refractivity contribution >= 4 is 22.8 Å². The normalized spacial score (nSPS) is 18.8. The number of aromatic nitrogens is 2. The first-order valence-corrected chi connectivity index (χ1v) is 10.8. The highest BCUT2D eigenvalue weighted by atomic mass is 16.5. The van der Waals surface area contributed by atoms with Crippen LogP contribution in [0.5, 0.6) is 5.75 Å². The average Bonchev–Trinajstić information content (AvgIpc) is 3.03. The largest absolute Gasteiger partial charge is 0.508 e. The quantitative estimate of drug-likeness (QED) is 0.497. The molecule has 2 atom stereocenters. The van der Waals surface area contributed by atoms with E-state index in [2.05, 4.69) is 5.32 Å². The number of amides is 1. The summed E-state index contributed by atoms with van der Waals surface area (Å²) in [6.07, 6.45) is 1.22. The fourth-order valence-corrected chi connectivity index (χ4v) is 4.37. The molecule has 8 nitrogen and oxygen atoms in total. The number of phenols is 1. The molecule has 32 heavy (non-hydrogen) atoms. The first kappa shape index (κ1) is 22.1. The number of pyridine rings is 1. The van der Waals surface area contributed by atoms with Crippen molar-refractivity contribution in [3.8, 4) is 11.4 Å². The van der Waals surface area contributed by atoms with Crippen LogP contribution in [0.15, 0.2) is 18.2 Å². The standard InChI is InChI=1S/C24H30N4O4/c1-12-5-8-19(30)14(3)21(12)28-22(25)20(18-9-13(2)15(4)26-23(18)28)24(31)27-16-6-7-17(10-29)32-11-16/h5,8-9,16-17,29-30H,6-7,10-11,25H2,1-4H3,(H,27,31)/t16-,17+/m1/s1. The van der Waals surface area contributed by atoms with E-state index in [-0.39, 0.29) is 36.2 Å². The lowest BCUT2D eigenvalue weighted by atomic mass is 10.0. The third-order valence-electron chi connectivity index (χ3n) is 6.39. The summed E-state index contributed by atoms with van der Waals surface area (Å²) in [7, 11) is 0. The van der Waals surface area contributed by atoms with Crippen molar-refractivity contribution in [3.05, 3.63) is 46.1 Å². The molecule has 1 fully saturated rings. The number of carbonyl (C=O) groups is 1. The van der Waals surface area contributed by atoms with Crippen molar-refractivity contribution in [2.24, 2.45) is 0 Å². The Balaban J connectivity index is 1.84. The van der Waals surface area contributed by atoms with Gasteiger partial charge in [0.2, 0.25) is 0 Å². The van der Waals surface area contributed by atoms with Gasteiger partial charge in [-0.25, -0.2) is 4.98 Å². The number of aryl methyl sites for hydroxylation is 3. The average molecular weight is 439 g/mol. The number of nitrogens with zero attached hydrogens (tertiary/aromatic N) is 2. The van der Waals surface area contributed by atoms with Crippen molar-refractivity contribution in [1.29, 1.82) is 0 Å². The number of hydrogen-bond donors (Lipinski definition) is 4. The lowest BCUT2D eigenvalue weighted by Crippen LogP contribution is -2.43. The molecular formula is C24H30N4O4. The molecule has 1 aliphatic heterocycles. The molecule has 1 aromatic carbocycles. The fraction of sp³-hybridized carbons (Fsp3) is 0.417. The number of nitrogens with two attached hydrogens (primary N) is 1. The highest BCUT2D eigenvalue weighted by molar-refractivity contribution is 6.12. The van der Waals surface area contributed by atoms with E-state index < -0.39 is 0 Å². The number of aliphatic hydroxyl groups is 1. The van der Waals surface area contributed by atoms with E-state index in [0.29, 0.717) is 40.9 Å². The summed E-state index contributed by atoms with van der Waals surface area (Å²) in [6, 6.07) is 5.24. The zero-order chi connectivity index (χ0) is 23.2. The Labute approximate surface area is 187 Å². The van der Waals surface area contributed by atoms with E-state index in [1.54, 1.807) is 10.6 Å². The van der Waals surface area contributed by atoms with Crippen molar-refractivity contribution in [1.82, 2.24) is 14.9 Å². The fourth-order valence-electron chi connectivity index (χ4n) is 4.37. The lowest BCUT2D eigenvalue weighted by molar-refractivity contribution is -0.0305. The van der Waals surface area contributed by atoms with Crippen LogP contribution >= 0.6 is 0 Å². The first-order valence-electron chi connectivity index (χ1n) is 10.8. The van der Waals surface area contributed by atoms with Gasteiger partial charge in [-0.15, -0.1) is 0 Å². The summed E-state index contributed by atoms with van der Waals surface area (Å²) in [5.41, 5.74) is 11.6. The van der Waals surface area contributed by atoms with E-state index in [1.807, 2.05) is 39.8 Å². The second kappa shape index (κ2) is 8.44. The maximum absolute atomic E-state index is 13.4. The molecule has 5 N–H and O–H groups in total. The minimum Gasteiger partial charge on any atom is -0.508 e. The van der Waals surface area contributed by atoms with Gasteiger partial charge in [0, 0.05) is 16.6 Å². The molecule has 2 aromatic heterocycles. The molecule has 1 amide bonds. The minimum atomic E-state index is -0.289. The molecule has 8 heteroatoms. The van der Waals surface area contributed by atoms with E-state index in [4.69, 9.17) is 15.5 Å². The zero-order valence-electron chi connectivity index (χ0n) is 18.9. The number of nitrogens with one attached hydrogen (secondary N) is 1. The van der Waals surface area contributed by atoms with E-state index in [1.165, 1.54) is 0 Å². The summed E-state index contributed by atoms with van der Waals surface area (Å²) >= 11 is 0. The molecule has 170 valence electrons. The number of nitrogen functional groups attached to an aromatic ring is 1. The topological polar surface area (TPSA) is 123 Å². The summed E-state index contributed by atoms with van der Waals surface area (Å²) in [6.45, 7) is 7.95. The smallest absolute Gasteiger partial charge is 0.256 e. The predicted octanol–water partition coefficient (Wildman–Crippen LogP) is 2.82. The van der Waals surface area contributed by atoms with Gasteiger partial charge >= 0.3 is 0 Å². The van der Waals surface area contributed by atoms with Gasteiger partial charge in [0.05, 0.1) is 36.6 Å². The Morgan fingerprint density at radius 2 is 2.00 bits per heavy atom. The van der Waals surface area contributed by atoms with Gasteiger partial charge in [-0.05, 0) is 63.8 Å². The first-order chi connectivity index (χ1) is 15.2. The van der Waals surface area contributed by atoms with Gasteiger partial charge < -0.3 is 26.0 Å². The molecule has 0 unspecified atom stereocenters. The van der Waals surface area contributed by atoms with Gasteiger partial charge in [0.15, 0.2) is 0 Å². The molecular weight excluding hydrogens is 408 g/mol. The Bertz CT molecular complexity index is 1190. The highest BCUT2D eigenvalue weighted by Gasteiger charge is 2.28. The number of aliphatic hydroxyl groups excluding tert-OH is 1. The van der Waals surface area contributed by atoms with Crippen LogP contribution in [0.25, 0.3) is 16.7 Å². The van der Waals surface area contributed by atoms with Crippen LogP contribution in [0.4, 0.5) is 5.82 Å². The van der Waals surface area contributed by atoms with Gasteiger partial charge in [0.25, 0.3) is 5.91 Å². The van der Waals surface area contributed by atoms with Gasteiger partial charge in [-0.1, -0.05) is 6.07 Å². The molecule has 0 aliphatic carbocycles. The number of hydrogen-bond acceptors (Lipinski definition) is 6. The molecule has 1 saturated heterocycles. The Morgan fingerprint density at radius 3 is 2.66 bits per heavy atom. The van der Waals surface area contributed by atoms with E-state index in [9.17, 15) is 15.0 Å². The van der Waals surface area contributed by atoms with Crippen molar-refractivity contribution in [2.75, 3.05) is 18.9 Å². The summed E-state index contributed by atoms with van der Waals surface area (Å²) in [5.74, 6) is 0.138. The van der Waals surface area contributed by atoms with E-state index in [0.717, 1.165) is 23.2 Å². The van der Waals surface area contributed by atoms with Crippen molar-refractivity contribution < 1.29 is 19.7 Å². The third-order valence-corrected chi connectivity index (χ3v) is 6.39. The Morgan fingerprint density at radius 1 is 1.25 bits per heavy atom. The van der Waals surface area contributed by atoms with Crippen LogP contribution in [-0.4, -0.2) is 51.0 Å². The zero-order valence-corrected chi connectivity index (χ0v) is 18.9. The van der Waals surface area contributed by atoms with E-state index >= 15 is 0 Å². The second-order valence-electron chi connectivity index (χ2n) is 8.62. The molecule has 0 radical (unpaired) electrons. The van der Waals surface area contributed by atoms with Crippen LogP contribution in [0.2, 0.25) is 0 Å². The number of carbonyl (C=O) groups excluding carboxylic acids is 1. The number of phenolic OH excluding ortho intramolecular Hbond substituents is 1. The molecule has 0 spiro atoms. The maximum Gasteiger partial charge on any atom is 0.256 e. The minimum absolute atomic E-state index is 0.0198. The monoisotopic (exact) mass is 438 g/mol. The third kappa shape index (κ3) is 3.69. The van der Waals surface area contributed by atoms with Crippen LogP contribution in [0, 0.1) is 27.7 Å². The summed E-state index contributed by atoms with van der Waals surface area (Å²) < 4.78 is 7.37. The van der Waals surface area contributed by atoms with Crippen molar-refractivity contribution in [2.45, 2.75) is 52.7 Å². The van der Waals surface area contributed by atoms with Gasteiger partial charge in [-0.3, -0.25) is 9.36 Å². The number of fused-ring (bicyclic) bond motifs is 1. The number of ether oxygens (including phenoxy) is 1. The molecule has 3 aromatic rings. The summed E-state index contributed by atoms with van der Waals surface area (Å²) in [4.78, 5) is 18.2. The van der Waals surface area contributed by atoms with Crippen LogP contribution in [-0.2, 0) is 4.74 Å². The predicted molar refractivity (Wildman–Crippen MR) is 123 cm³/mol. The SMILES string of the molecule is Cc1cc2c(C(=O)N[C@@H]3CC[C@@H](CO)OC3)c(N)n(-c3c(C)ccc(O)c3C)c2nc1C. The number of aromatic hydroxyl groups is 1. The maximum atomic E-state index is 13.4. The molecule has 1 aliphatic rings. The number of rotatable bonds is 4. The van der Waals surface area contributed by atoms with Crippen LogP contribution in [0.3, 0.4) is 0 Å². The lowest BCUT2D eigenvalue weighted by Gasteiger charge is -2.28. The van der Waals surface area contributed by atoms with Gasteiger partial charge in [-0.2, -0.15) is 0 Å².